The van der Waals surface area contributed by atoms with Gasteiger partial charge in [0.2, 0.25) is 0 Å². The summed E-state index contributed by atoms with van der Waals surface area (Å²) >= 11 is 1.22. The molecule has 0 unspecified atom stereocenters. The molecular formula is C9H8N2O2S. The number of fused-ring (bicyclic) bond motifs is 1. The van der Waals surface area contributed by atoms with Crippen LogP contribution in [0.5, 0.6) is 0 Å². The maximum Gasteiger partial charge on any atom is 0.184 e. The molecule has 0 radical (unpaired) electrons. The van der Waals surface area contributed by atoms with E-state index < -0.39 is 0 Å². The third kappa shape index (κ3) is 1.30. The highest BCUT2D eigenvalue weighted by Crippen LogP contribution is 2.25. The fraction of sp³-hybridized carbons (Fsp3) is 0.333. The first-order valence-electron chi connectivity index (χ1n) is 4.39. The fourth-order valence-corrected chi connectivity index (χ4v) is 2.01. The quantitative estimate of drug-likeness (QED) is 0.716. The molecule has 1 aromatic carbocycles. The number of hydrogen-bond acceptors (Lipinski definition) is 5. The van der Waals surface area contributed by atoms with Gasteiger partial charge in [0.1, 0.15) is 11.0 Å². The van der Waals surface area contributed by atoms with Crippen molar-refractivity contribution < 1.29 is 9.47 Å². The van der Waals surface area contributed by atoms with Gasteiger partial charge in [-0.2, -0.15) is 8.75 Å². The summed E-state index contributed by atoms with van der Waals surface area (Å²) < 4.78 is 19.1. The Bertz CT molecular complexity index is 451. The highest BCUT2D eigenvalue weighted by Gasteiger charge is 2.18. The second-order valence-electron chi connectivity index (χ2n) is 3.09. The minimum atomic E-state index is -0.221. The van der Waals surface area contributed by atoms with E-state index in [1.165, 1.54) is 11.7 Å². The number of ether oxygens (including phenoxy) is 2. The molecule has 1 fully saturated rings. The van der Waals surface area contributed by atoms with E-state index in [2.05, 4.69) is 8.75 Å². The smallest absolute Gasteiger partial charge is 0.184 e. The van der Waals surface area contributed by atoms with Gasteiger partial charge in [0.15, 0.2) is 6.29 Å². The molecule has 4 nitrogen and oxygen atoms in total. The molecule has 3 rings (SSSR count). The maximum atomic E-state index is 5.40. The van der Waals surface area contributed by atoms with Crippen LogP contribution >= 0.6 is 11.7 Å². The minimum Gasteiger partial charge on any atom is -0.346 e. The molecule has 0 amide bonds. The van der Waals surface area contributed by atoms with E-state index in [0.717, 1.165) is 16.6 Å². The topological polar surface area (TPSA) is 44.2 Å². The molecule has 0 aliphatic carbocycles. The average molecular weight is 208 g/mol. The zero-order chi connectivity index (χ0) is 9.38. The SMILES string of the molecule is c1cc2nsnc2cc1C1OCCO1. The van der Waals surface area contributed by atoms with Crippen LogP contribution in [-0.2, 0) is 9.47 Å². The molecular weight excluding hydrogens is 200 g/mol. The van der Waals surface area contributed by atoms with Gasteiger partial charge in [0.05, 0.1) is 24.9 Å². The molecule has 72 valence electrons. The molecule has 1 aromatic heterocycles. The van der Waals surface area contributed by atoms with Crippen LogP contribution in [0.1, 0.15) is 11.9 Å². The first kappa shape index (κ1) is 8.28. The standard InChI is InChI=1S/C9H8N2O2S/c1-2-7-8(11-14-10-7)5-6(1)9-12-3-4-13-9/h1-2,5,9H,3-4H2. The van der Waals surface area contributed by atoms with Gasteiger partial charge < -0.3 is 9.47 Å². The molecule has 1 aliphatic heterocycles. The van der Waals surface area contributed by atoms with Crippen molar-refractivity contribution >= 4 is 22.8 Å². The second-order valence-corrected chi connectivity index (χ2v) is 3.61. The van der Waals surface area contributed by atoms with Gasteiger partial charge in [-0.05, 0) is 12.1 Å². The van der Waals surface area contributed by atoms with Gasteiger partial charge in [0, 0.05) is 5.56 Å². The Morgan fingerprint density at radius 3 is 2.79 bits per heavy atom. The van der Waals surface area contributed by atoms with Crippen LogP contribution < -0.4 is 0 Å². The van der Waals surface area contributed by atoms with Crippen LogP contribution in [-0.4, -0.2) is 22.0 Å². The Hall–Kier alpha value is -1.04. The van der Waals surface area contributed by atoms with E-state index in [0.29, 0.717) is 13.2 Å². The molecule has 14 heavy (non-hydrogen) atoms. The van der Waals surface area contributed by atoms with Crippen LogP contribution in [0, 0.1) is 0 Å². The van der Waals surface area contributed by atoms with Gasteiger partial charge in [-0.15, -0.1) is 0 Å². The van der Waals surface area contributed by atoms with Crippen molar-refractivity contribution in [2.75, 3.05) is 13.2 Å². The van der Waals surface area contributed by atoms with Crippen molar-refractivity contribution in [3.8, 4) is 0 Å². The Balaban J connectivity index is 2.04. The molecule has 2 heterocycles. The number of hydrogen-bond donors (Lipinski definition) is 0. The lowest BCUT2D eigenvalue weighted by atomic mass is 10.2. The molecule has 1 saturated heterocycles. The third-order valence-corrected chi connectivity index (χ3v) is 2.73. The van der Waals surface area contributed by atoms with Crippen LogP contribution in [0.25, 0.3) is 11.0 Å². The molecule has 5 heteroatoms. The van der Waals surface area contributed by atoms with Crippen LogP contribution in [0.3, 0.4) is 0 Å². The first-order valence-corrected chi connectivity index (χ1v) is 5.12. The average Bonchev–Trinajstić information content (AvgIpc) is 2.88. The van der Waals surface area contributed by atoms with Crippen LogP contribution in [0.4, 0.5) is 0 Å². The van der Waals surface area contributed by atoms with E-state index in [-0.39, 0.29) is 6.29 Å². The van der Waals surface area contributed by atoms with Gasteiger partial charge in [-0.1, -0.05) is 6.07 Å². The lowest BCUT2D eigenvalue weighted by Crippen LogP contribution is -1.97. The van der Waals surface area contributed by atoms with Crippen molar-refractivity contribution in [1.82, 2.24) is 8.75 Å². The summed E-state index contributed by atoms with van der Waals surface area (Å²) in [4.78, 5) is 0. The summed E-state index contributed by atoms with van der Waals surface area (Å²) in [7, 11) is 0. The summed E-state index contributed by atoms with van der Waals surface area (Å²) in [6, 6.07) is 5.88. The van der Waals surface area contributed by atoms with Crippen molar-refractivity contribution in [2.45, 2.75) is 6.29 Å². The van der Waals surface area contributed by atoms with E-state index in [4.69, 9.17) is 9.47 Å². The molecule has 2 aromatic rings. The highest BCUT2D eigenvalue weighted by molar-refractivity contribution is 7.00. The van der Waals surface area contributed by atoms with Crippen molar-refractivity contribution in [1.29, 1.82) is 0 Å². The Morgan fingerprint density at radius 1 is 1.14 bits per heavy atom. The Kier molecular flexibility index (Phi) is 1.93. The van der Waals surface area contributed by atoms with Crippen molar-refractivity contribution in [3.63, 3.8) is 0 Å². The highest BCUT2D eigenvalue weighted by atomic mass is 32.1. The lowest BCUT2D eigenvalue weighted by molar-refractivity contribution is -0.0440. The summed E-state index contributed by atoms with van der Waals surface area (Å²) in [6.07, 6.45) is -0.221. The van der Waals surface area contributed by atoms with Crippen molar-refractivity contribution in [2.24, 2.45) is 0 Å². The summed E-state index contributed by atoms with van der Waals surface area (Å²) in [5.74, 6) is 0. The van der Waals surface area contributed by atoms with E-state index >= 15 is 0 Å². The van der Waals surface area contributed by atoms with Gasteiger partial charge >= 0.3 is 0 Å². The van der Waals surface area contributed by atoms with E-state index in [9.17, 15) is 0 Å². The third-order valence-electron chi connectivity index (χ3n) is 2.17. The zero-order valence-electron chi connectivity index (χ0n) is 7.34. The molecule has 0 saturated carbocycles. The zero-order valence-corrected chi connectivity index (χ0v) is 8.16. The molecule has 0 bridgehead atoms. The molecule has 0 N–H and O–H groups in total. The lowest BCUT2D eigenvalue weighted by Gasteiger charge is -2.07. The van der Waals surface area contributed by atoms with Crippen molar-refractivity contribution in [3.05, 3.63) is 23.8 Å². The minimum absolute atomic E-state index is 0.221. The molecule has 0 spiro atoms. The Labute approximate surface area is 84.8 Å². The molecule has 0 atom stereocenters. The predicted octanol–water partition coefficient (Wildman–Crippen LogP) is 1.74. The number of aromatic nitrogens is 2. The second kappa shape index (κ2) is 3.27. The largest absolute Gasteiger partial charge is 0.346 e. The number of rotatable bonds is 1. The van der Waals surface area contributed by atoms with E-state index in [1.54, 1.807) is 0 Å². The maximum absolute atomic E-state index is 5.40. The summed E-state index contributed by atoms with van der Waals surface area (Å²) in [5.41, 5.74) is 2.85. The Morgan fingerprint density at radius 2 is 1.93 bits per heavy atom. The summed E-state index contributed by atoms with van der Waals surface area (Å²) in [6.45, 7) is 1.33. The van der Waals surface area contributed by atoms with Crippen LogP contribution in [0.15, 0.2) is 18.2 Å². The first-order chi connectivity index (χ1) is 6.93. The normalized spacial score (nSPS) is 18.0. The predicted molar refractivity (Wildman–Crippen MR) is 52.1 cm³/mol. The van der Waals surface area contributed by atoms with Gasteiger partial charge in [0.25, 0.3) is 0 Å². The van der Waals surface area contributed by atoms with Gasteiger partial charge in [-0.25, -0.2) is 0 Å². The van der Waals surface area contributed by atoms with Gasteiger partial charge in [-0.3, -0.25) is 0 Å². The fourth-order valence-electron chi connectivity index (χ4n) is 1.50. The number of benzene rings is 1. The van der Waals surface area contributed by atoms with E-state index in [1.807, 2.05) is 18.2 Å². The monoisotopic (exact) mass is 208 g/mol. The summed E-state index contributed by atoms with van der Waals surface area (Å²) in [5, 5.41) is 0. The van der Waals surface area contributed by atoms with Crippen LogP contribution in [0.2, 0.25) is 0 Å². The molecule has 1 aliphatic rings. The number of nitrogens with zero attached hydrogens (tertiary/aromatic N) is 2.